The second-order valence-electron chi connectivity index (χ2n) is 6.34. The van der Waals surface area contributed by atoms with Crippen LogP contribution in [0.3, 0.4) is 0 Å². The number of fused-ring (bicyclic) bond motifs is 2. The molecule has 7 nitrogen and oxygen atoms in total. The Balaban J connectivity index is 1.75. The first-order valence-corrected chi connectivity index (χ1v) is 8.25. The summed E-state index contributed by atoms with van der Waals surface area (Å²) in [6, 6.07) is 11.6. The summed E-state index contributed by atoms with van der Waals surface area (Å²) in [5, 5.41) is 5.40. The molecule has 1 spiro atoms. The molecule has 2 aliphatic rings. The fourth-order valence-electron chi connectivity index (χ4n) is 3.24. The van der Waals surface area contributed by atoms with E-state index >= 15 is 0 Å². The van der Waals surface area contributed by atoms with Gasteiger partial charge in [-0.05, 0) is 24.3 Å². The summed E-state index contributed by atoms with van der Waals surface area (Å²) in [6.07, 6.45) is -4.48. The van der Waals surface area contributed by atoms with Crippen molar-refractivity contribution in [3.63, 3.8) is 0 Å². The van der Waals surface area contributed by atoms with Crippen LogP contribution in [-0.4, -0.2) is 24.9 Å². The van der Waals surface area contributed by atoms with E-state index < -0.39 is 23.3 Å². The lowest BCUT2D eigenvalue weighted by atomic mass is 10.0. The van der Waals surface area contributed by atoms with Gasteiger partial charge in [0.15, 0.2) is 5.96 Å². The highest BCUT2D eigenvalue weighted by Gasteiger charge is 2.52. The van der Waals surface area contributed by atoms with Gasteiger partial charge in [-0.2, -0.15) is 13.2 Å². The van der Waals surface area contributed by atoms with Crippen LogP contribution in [0.25, 0.3) is 0 Å². The number of carbonyl (C=O) groups is 1. The van der Waals surface area contributed by atoms with Crippen LogP contribution in [0.1, 0.15) is 11.1 Å². The van der Waals surface area contributed by atoms with Gasteiger partial charge in [-0.25, -0.2) is 9.98 Å². The van der Waals surface area contributed by atoms with E-state index in [1.54, 1.807) is 31.3 Å². The zero-order valence-electron chi connectivity index (χ0n) is 14.6. The number of amides is 1. The van der Waals surface area contributed by atoms with Gasteiger partial charge in [0.1, 0.15) is 0 Å². The van der Waals surface area contributed by atoms with Gasteiger partial charge in [0, 0.05) is 18.3 Å². The number of hydrogen-bond donors (Lipinski definition) is 3. The first-order chi connectivity index (χ1) is 13.2. The molecule has 4 rings (SSSR count). The summed E-state index contributed by atoms with van der Waals surface area (Å²) < 4.78 is 38.8. The van der Waals surface area contributed by atoms with Gasteiger partial charge in [-0.1, -0.05) is 24.3 Å². The van der Waals surface area contributed by atoms with Crippen LogP contribution in [0.4, 0.5) is 24.5 Å². The van der Waals surface area contributed by atoms with Crippen molar-refractivity contribution in [2.24, 2.45) is 15.7 Å². The molecule has 0 radical (unpaired) electrons. The van der Waals surface area contributed by atoms with Crippen LogP contribution >= 0.6 is 0 Å². The van der Waals surface area contributed by atoms with Crippen molar-refractivity contribution in [3.8, 4) is 0 Å². The summed E-state index contributed by atoms with van der Waals surface area (Å²) in [5.74, 6) is -0.477. The monoisotopic (exact) mass is 388 g/mol. The third-order valence-corrected chi connectivity index (χ3v) is 4.50. The summed E-state index contributed by atoms with van der Waals surface area (Å²) in [5.41, 5.74) is 4.74. The average Bonchev–Trinajstić information content (AvgIpc) is 2.83. The molecule has 0 bridgehead atoms. The molecule has 0 unspecified atom stereocenters. The number of alkyl halides is 3. The Bertz CT molecular complexity index is 1030. The van der Waals surface area contributed by atoms with Gasteiger partial charge in [-0.3, -0.25) is 10.1 Å². The topological polar surface area (TPSA) is 95.1 Å². The number of nitrogens with one attached hydrogen (secondary N) is 2. The van der Waals surface area contributed by atoms with Gasteiger partial charge in [0.05, 0.1) is 11.3 Å². The van der Waals surface area contributed by atoms with Crippen molar-refractivity contribution < 1.29 is 18.0 Å². The van der Waals surface area contributed by atoms with Crippen molar-refractivity contribution in [1.29, 1.82) is 0 Å². The second kappa shape index (κ2) is 5.98. The highest BCUT2D eigenvalue weighted by atomic mass is 19.4. The maximum Gasteiger partial charge on any atom is 0.416 e. The van der Waals surface area contributed by atoms with Crippen molar-refractivity contribution in [1.82, 2.24) is 5.32 Å². The Morgan fingerprint density at radius 1 is 1.14 bits per heavy atom. The molecule has 0 aromatic heterocycles. The molecule has 144 valence electrons. The standard InChI is InChI=1S/C18H15F3N6O/c1-27-13-8-3-2-7-12(13)17(14(27)28)25-15(22)24-16(26-17)23-11-6-4-5-10(9-11)18(19,20)21/h2-9H,1H3,(H4,22,23,24,25,26)/t17-/m0/s1. The predicted octanol–water partition coefficient (Wildman–Crippen LogP) is 2.22. The minimum absolute atomic E-state index is 0.0188. The van der Waals surface area contributed by atoms with E-state index in [1.165, 1.54) is 17.0 Å². The number of likely N-dealkylation sites (N-methyl/N-ethyl adjacent to an activating group) is 1. The molecule has 28 heavy (non-hydrogen) atoms. The van der Waals surface area contributed by atoms with Gasteiger partial charge in [0.2, 0.25) is 5.96 Å². The molecular weight excluding hydrogens is 373 g/mol. The molecule has 0 saturated heterocycles. The van der Waals surface area contributed by atoms with Gasteiger partial charge < -0.3 is 16.0 Å². The summed E-state index contributed by atoms with van der Waals surface area (Å²) >= 11 is 0. The number of anilines is 2. The van der Waals surface area contributed by atoms with Crippen molar-refractivity contribution in [2.45, 2.75) is 11.8 Å². The molecular formula is C18H15F3N6O. The molecule has 1 amide bonds. The zero-order valence-corrected chi connectivity index (χ0v) is 14.6. The maximum atomic E-state index is 12.9. The number of aliphatic imine (C=N–C) groups is 2. The number of rotatable bonds is 1. The normalized spacial score (nSPS) is 21.1. The Labute approximate surface area is 157 Å². The molecule has 0 fully saturated rings. The van der Waals surface area contributed by atoms with Crippen LogP contribution < -0.4 is 21.3 Å². The van der Waals surface area contributed by atoms with E-state index in [0.717, 1.165) is 12.1 Å². The highest BCUT2D eigenvalue weighted by Crippen LogP contribution is 2.44. The average molecular weight is 388 g/mol. The van der Waals surface area contributed by atoms with Crippen LogP contribution in [0.2, 0.25) is 0 Å². The number of guanidine groups is 2. The molecule has 10 heteroatoms. The SMILES string of the molecule is CN1C(=O)[C@]2(N=C(N)NC(Nc3cccc(C(F)(F)F)c3)=N2)c2ccccc21. The molecule has 2 aliphatic heterocycles. The summed E-state index contributed by atoms with van der Waals surface area (Å²) in [7, 11) is 1.60. The van der Waals surface area contributed by atoms with Crippen molar-refractivity contribution in [3.05, 3.63) is 59.7 Å². The molecule has 4 N–H and O–H groups in total. The van der Waals surface area contributed by atoms with Gasteiger partial charge in [-0.15, -0.1) is 0 Å². The van der Waals surface area contributed by atoms with E-state index in [-0.39, 0.29) is 17.6 Å². The number of nitrogens with zero attached hydrogens (tertiary/aromatic N) is 3. The zero-order chi connectivity index (χ0) is 20.1. The van der Waals surface area contributed by atoms with Crippen LogP contribution in [0.5, 0.6) is 0 Å². The lowest BCUT2D eigenvalue weighted by Crippen LogP contribution is -2.50. The lowest BCUT2D eigenvalue weighted by molar-refractivity contribution is -0.137. The summed E-state index contributed by atoms with van der Waals surface area (Å²) in [4.78, 5) is 22.9. The molecule has 0 aliphatic carbocycles. The number of carbonyl (C=O) groups excluding carboxylic acids is 1. The minimum Gasteiger partial charge on any atom is -0.370 e. The molecule has 2 aromatic rings. The number of para-hydroxylation sites is 1. The van der Waals surface area contributed by atoms with E-state index in [1.807, 2.05) is 0 Å². The van der Waals surface area contributed by atoms with Crippen LogP contribution in [-0.2, 0) is 16.6 Å². The third-order valence-electron chi connectivity index (χ3n) is 4.50. The second-order valence-corrected chi connectivity index (χ2v) is 6.34. The maximum absolute atomic E-state index is 12.9. The molecule has 0 saturated carbocycles. The van der Waals surface area contributed by atoms with E-state index in [9.17, 15) is 18.0 Å². The first kappa shape index (κ1) is 17.8. The van der Waals surface area contributed by atoms with Crippen molar-refractivity contribution >= 4 is 29.2 Å². The molecule has 2 aromatic carbocycles. The van der Waals surface area contributed by atoms with Gasteiger partial charge in [0.25, 0.3) is 11.6 Å². The first-order valence-electron chi connectivity index (χ1n) is 8.25. The Morgan fingerprint density at radius 3 is 2.64 bits per heavy atom. The quantitative estimate of drug-likeness (QED) is 0.698. The number of hydrogen-bond acceptors (Lipinski definition) is 6. The Morgan fingerprint density at radius 2 is 1.89 bits per heavy atom. The third kappa shape index (κ3) is 2.73. The van der Waals surface area contributed by atoms with E-state index in [0.29, 0.717) is 11.3 Å². The van der Waals surface area contributed by atoms with Crippen LogP contribution in [0, 0.1) is 0 Å². The number of benzene rings is 2. The largest absolute Gasteiger partial charge is 0.416 e. The number of halogens is 3. The fourth-order valence-corrected chi connectivity index (χ4v) is 3.24. The van der Waals surface area contributed by atoms with Crippen LogP contribution in [0.15, 0.2) is 58.5 Å². The van der Waals surface area contributed by atoms with E-state index in [4.69, 9.17) is 5.73 Å². The van der Waals surface area contributed by atoms with Crippen molar-refractivity contribution in [2.75, 3.05) is 17.3 Å². The van der Waals surface area contributed by atoms with Gasteiger partial charge >= 0.3 is 6.18 Å². The number of nitrogens with two attached hydrogens (primary N) is 1. The van der Waals surface area contributed by atoms with E-state index in [2.05, 4.69) is 20.6 Å². The fraction of sp³-hybridized carbons (Fsp3) is 0.167. The Hall–Kier alpha value is -3.56. The Kier molecular flexibility index (Phi) is 3.81. The lowest BCUT2D eigenvalue weighted by Gasteiger charge is -2.26. The molecule has 2 heterocycles. The smallest absolute Gasteiger partial charge is 0.370 e. The minimum atomic E-state index is -4.48. The predicted molar refractivity (Wildman–Crippen MR) is 98.8 cm³/mol. The molecule has 1 atom stereocenters. The summed E-state index contributed by atoms with van der Waals surface area (Å²) in [6.45, 7) is 0. The highest BCUT2D eigenvalue weighted by molar-refractivity contribution is 6.14.